The molecule has 0 aliphatic rings. The molecule has 0 aliphatic heterocycles. The molecule has 0 bridgehead atoms. The minimum atomic E-state index is -3.98. The predicted molar refractivity (Wildman–Crippen MR) is 129 cm³/mol. The van der Waals surface area contributed by atoms with Crippen molar-refractivity contribution in [2.75, 3.05) is 16.2 Å². The number of hydrogen-bond acceptors (Lipinski definition) is 4. The average molecular weight is 465 g/mol. The molecule has 1 heterocycles. The van der Waals surface area contributed by atoms with Gasteiger partial charge in [-0.2, -0.15) is 0 Å². The Labute approximate surface area is 191 Å². The van der Waals surface area contributed by atoms with Crippen LogP contribution in [0.3, 0.4) is 0 Å². The molecule has 1 amide bonds. The zero-order valence-electron chi connectivity index (χ0n) is 18.5. The van der Waals surface area contributed by atoms with Gasteiger partial charge in [0.1, 0.15) is 6.54 Å². The highest BCUT2D eigenvalue weighted by atomic mass is 32.2. The monoisotopic (exact) mass is 464 g/mol. The van der Waals surface area contributed by atoms with E-state index in [-0.39, 0.29) is 10.6 Å². The van der Waals surface area contributed by atoms with E-state index >= 15 is 0 Å². The van der Waals surface area contributed by atoms with E-state index in [2.05, 4.69) is 5.32 Å². The van der Waals surface area contributed by atoms with Gasteiger partial charge in [-0.15, -0.1) is 0 Å². The summed E-state index contributed by atoms with van der Waals surface area (Å²) in [6.45, 7) is 1.46. The van der Waals surface area contributed by atoms with Crippen LogP contribution in [0.25, 0.3) is 11.0 Å². The highest BCUT2D eigenvalue weighted by Gasteiger charge is 2.27. The summed E-state index contributed by atoms with van der Waals surface area (Å²) < 4.78 is 30.9. The van der Waals surface area contributed by atoms with Crippen molar-refractivity contribution in [2.24, 2.45) is 14.1 Å². The number of anilines is 2. The number of amides is 1. The summed E-state index contributed by atoms with van der Waals surface area (Å²) in [7, 11) is -0.647. The minimum absolute atomic E-state index is 0.102. The Morgan fingerprint density at radius 1 is 0.909 bits per heavy atom. The molecule has 4 aromatic rings. The van der Waals surface area contributed by atoms with Crippen LogP contribution in [-0.4, -0.2) is 30.0 Å². The Morgan fingerprint density at radius 2 is 1.55 bits per heavy atom. The van der Waals surface area contributed by atoms with E-state index in [4.69, 9.17) is 0 Å². The lowest BCUT2D eigenvalue weighted by Crippen LogP contribution is -2.38. The maximum Gasteiger partial charge on any atom is 0.328 e. The quantitative estimate of drug-likeness (QED) is 0.475. The van der Waals surface area contributed by atoms with Crippen LogP contribution in [0.1, 0.15) is 5.56 Å². The Hall–Kier alpha value is -3.85. The van der Waals surface area contributed by atoms with E-state index in [1.807, 2.05) is 6.92 Å². The second kappa shape index (κ2) is 8.59. The highest BCUT2D eigenvalue weighted by molar-refractivity contribution is 7.92. The molecular weight excluding hydrogens is 440 g/mol. The molecular formula is C24H24N4O4S. The van der Waals surface area contributed by atoms with E-state index in [0.717, 1.165) is 15.4 Å². The minimum Gasteiger partial charge on any atom is -0.324 e. The summed E-state index contributed by atoms with van der Waals surface area (Å²) in [5.74, 6) is -0.505. The Bertz CT molecular complexity index is 1490. The van der Waals surface area contributed by atoms with Crippen LogP contribution in [0, 0.1) is 6.92 Å². The van der Waals surface area contributed by atoms with Crippen molar-refractivity contribution in [3.05, 3.63) is 88.8 Å². The molecule has 0 fully saturated rings. The van der Waals surface area contributed by atoms with Crippen molar-refractivity contribution in [1.82, 2.24) is 9.13 Å². The molecule has 0 aliphatic carbocycles. The number of benzene rings is 3. The summed E-state index contributed by atoms with van der Waals surface area (Å²) in [6, 6.07) is 20.1. The molecule has 0 spiro atoms. The first-order chi connectivity index (χ1) is 15.7. The number of nitrogens with one attached hydrogen (secondary N) is 1. The number of hydrogen-bond donors (Lipinski definition) is 1. The number of para-hydroxylation sites is 1. The topological polar surface area (TPSA) is 93.4 Å². The van der Waals surface area contributed by atoms with E-state index in [0.29, 0.717) is 16.9 Å². The van der Waals surface area contributed by atoms with Crippen molar-refractivity contribution in [3.63, 3.8) is 0 Å². The van der Waals surface area contributed by atoms with Gasteiger partial charge in [0.2, 0.25) is 5.91 Å². The average Bonchev–Trinajstić information content (AvgIpc) is 3.02. The first-order valence-corrected chi connectivity index (χ1v) is 11.7. The maximum atomic E-state index is 13.4. The van der Waals surface area contributed by atoms with Gasteiger partial charge in [-0.3, -0.25) is 18.2 Å². The highest BCUT2D eigenvalue weighted by Crippen LogP contribution is 2.24. The molecule has 9 heteroatoms. The number of carbonyl (C=O) groups excluding carboxylic acids is 1. The smallest absolute Gasteiger partial charge is 0.324 e. The molecule has 0 saturated heterocycles. The van der Waals surface area contributed by atoms with Gasteiger partial charge in [0.05, 0.1) is 21.6 Å². The van der Waals surface area contributed by atoms with E-state index in [1.54, 1.807) is 74.8 Å². The number of imidazole rings is 1. The fourth-order valence-corrected chi connectivity index (χ4v) is 5.08. The molecule has 170 valence electrons. The van der Waals surface area contributed by atoms with Crippen LogP contribution in [0.15, 0.2) is 82.5 Å². The Balaban J connectivity index is 1.65. The first-order valence-electron chi connectivity index (χ1n) is 10.3. The van der Waals surface area contributed by atoms with Gasteiger partial charge >= 0.3 is 5.69 Å². The second-order valence-corrected chi connectivity index (χ2v) is 9.67. The molecule has 0 unspecified atom stereocenters. The maximum absolute atomic E-state index is 13.4. The number of nitrogens with zero attached hydrogens (tertiary/aromatic N) is 3. The number of carbonyl (C=O) groups is 1. The third-order valence-electron chi connectivity index (χ3n) is 5.50. The van der Waals surface area contributed by atoms with Crippen LogP contribution >= 0.6 is 0 Å². The number of aromatic nitrogens is 2. The van der Waals surface area contributed by atoms with Crippen LogP contribution < -0.4 is 15.3 Å². The lowest BCUT2D eigenvalue weighted by Gasteiger charge is -2.24. The summed E-state index contributed by atoms with van der Waals surface area (Å²) in [6.07, 6.45) is 0. The van der Waals surface area contributed by atoms with E-state index in [9.17, 15) is 18.0 Å². The molecule has 33 heavy (non-hydrogen) atoms. The SMILES string of the molecule is Cc1ccc(S(=O)(=O)N(CC(=O)Nc2ccc3c(c2)n(C)c(=O)n3C)c2ccccc2)cc1. The van der Waals surface area contributed by atoms with Gasteiger partial charge < -0.3 is 5.32 Å². The lowest BCUT2D eigenvalue weighted by molar-refractivity contribution is -0.114. The fourth-order valence-electron chi connectivity index (χ4n) is 3.66. The third-order valence-corrected chi connectivity index (χ3v) is 7.28. The van der Waals surface area contributed by atoms with Crippen LogP contribution in [-0.2, 0) is 28.9 Å². The Morgan fingerprint density at radius 3 is 2.21 bits per heavy atom. The Kier molecular flexibility index (Phi) is 5.82. The number of sulfonamides is 1. The van der Waals surface area contributed by atoms with Gasteiger partial charge in [0.15, 0.2) is 0 Å². The molecule has 0 saturated carbocycles. The summed E-state index contributed by atoms with van der Waals surface area (Å²) in [5.41, 5.74) is 3.00. The normalized spacial score (nSPS) is 11.5. The zero-order chi connectivity index (χ0) is 23.8. The van der Waals surface area contributed by atoms with Crippen molar-refractivity contribution in [3.8, 4) is 0 Å². The molecule has 3 aromatic carbocycles. The van der Waals surface area contributed by atoms with Crippen LogP contribution in [0.5, 0.6) is 0 Å². The number of fused-ring (bicyclic) bond motifs is 1. The van der Waals surface area contributed by atoms with E-state index < -0.39 is 22.5 Å². The van der Waals surface area contributed by atoms with E-state index in [1.165, 1.54) is 21.3 Å². The van der Waals surface area contributed by atoms with Crippen molar-refractivity contribution in [2.45, 2.75) is 11.8 Å². The van der Waals surface area contributed by atoms with Gasteiger partial charge in [-0.05, 0) is 49.4 Å². The predicted octanol–water partition coefficient (Wildman–Crippen LogP) is 3.02. The van der Waals surface area contributed by atoms with Crippen LogP contribution in [0.4, 0.5) is 11.4 Å². The molecule has 0 atom stereocenters. The number of rotatable bonds is 6. The van der Waals surface area contributed by atoms with Crippen LogP contribution in [0.2, 0.25) is 0 Å². The zero-order valence-corrected chi connectivity index (χ0v) is 19.3. The standard InChI is InChI=1S/C24H24N4O4S/c1-17-9-12-20(13-10-17)33(31,32)28(19-7-5-4-6-8-19)16-23(29)25-18-11-14-21-22(15-18)27(3)24(30)26(21)2/h4-15H,16H2,1-3H3,(H,25,29). The van der Waals surface area contributed by atoms with Gasteiger partial charge in [0.25, 0.3) is 10.0 Å². The lowest BCUT2D eigenvalue weighted by atomic mass is 10.2. The molecule has 1 aromatic heterocycles. The second-order valence-electron chi connectivity index (χ2n) is 7.81. The molecule has 4 rings (SSSR count). The molecule has 1 N–H and O–H groups in total. The van der Waals surface area contributed by atoms with Gasteiger partial charge in [-0.1, -0.05) is 35.9 Å². The van der Waals surface area contributed by atoms with Crippen molar-refractivity contribution in [1.29, 1.82) is 0 Å². The van der Waals surface area contributed by atoms with Crippen molar-refractivity contribution < 1.29 is 13.2 Å². The third kappa shape index (κ3) is 4.27. The summed E-state index contributed by atoms with van der Waals surface area (Å²) in [5, 5.41) is 2.75. The molecule has 8 nitrogen and oxygen atoms in total. The fraction of sp³-hybridized carbons (Fsp3) is 0.167. The van der Waals surface area contributed by atoms with Crippen molar-refractivity contribution >= 4 is 38.3 Å². The summed E-state index contributed by atoms with van der Waals surface area (Å²) in [4.78, 5) is 25.2. The number of aryl methyl sites for hydroxylation is 3. The molecule has 0 radical (unpaired) electrons. The van der Waals surface area contributed by atoms with Gasteiger partial charge in [0, 0.05) is 19.8 Å². The first kappa shape index (κ1) is 22.3. The summed E-state index contributed by atoms with van der Waals surface area (Å²) >= 11 is 0. The largest absolute Gasteiger partial charge is 0.328 e. The van der Waals surface area contributed by atoms with Gasteiger partial charge in [-0.25, -0.2) is 13.2 Å².